The highest BCUT2D eigenvalue weighted by molar-refractivity contribution is 8.23. The van der Waals surface area contributed by atoms with Crippen molar-refractivity contribution in [3.63, 3.8) is 0 Å². The Morgan fingerprint density at radius 2 is 2.14 bits per heavy atom. The Bertz CT molecular complexity index is 521. The molecule has 0 unspecified atom stereocenters. The molecule has 0 aromatic heterocycles. The molecule has 2 rings (SSSR count). The minimum Gasteiger partial charge on any atom is -0.494 e. The summed E-state index contributed by atoms with van der Waals surface area (Å²) in [6.45, 7) is 1.37. The summed E-state index contributed by atoms with van der Waals surface area (Å²) in [7, 11) is 0. The number of benzene rings is 1. The van der Waals surface area contributed by atoms with E-state index in [9.17, 15) is 9.59 Å². The Labute approximate surface area is 139 Å². The van der Waals surface area contributed by atoms with Gasteiger partial charge in [-0.2, -0.15) is 0 Å². The Kier molecular flexibility index (Phi) is 6.67. The quantitative estimate of drug-likeness (QED) is 0.579. The summed E-state index contributed by atoms with van der Waals surface area (Å²) in [6.07, 6.45) is 1.05. The lowest BCUT2D eigenvalue weighted by Crippen LogP contribution is -2.37. The number of hydrogen-bond acceptors (Lipinski definition) is 5. The average Bonchev–Trinajstić information content (AvgIpc) is 2.84. The van der Waals surface area contributed by atoms with E-state index in [1.165, 1.54) is 11.8 Å². The summed E-state index contributed by atoms with van der Waals surface area (Å²) >= 11 is 6.43. The van der Waals surface area contributed by atoms with Crippen LogP contribution in [0.4, 0.5) is 0 Å². The van der Waals surface area contributed by atoms with Crippen molar-refractivity contribution in [3.8, 4) is 5.75 Å². The summed E-state index contributed by atoms with van der Waals surface area (Å²) in [5.41, 5.74) is 0. The van der Waals surface area contributed by atoms with E-state index in [0.29, 0.717) is 42.6 Å². The topological polar surface area (TPSA) is 58.6 Å². The van der Waals surface area contributed by atoms with Gasteiger partial charge in [0.2, 0.25) is 11.8 Å². The maximum Gasteiger partial charge on any atom is 0.238 e. The number of thioether (sulfide) groups is 1. The van der Waals surface area contributed by atoms with Gasteiger partial charge < -0.3 is 10.1 Å². The highest BCUT2D eigenvalue weighted by Gasteiger charge is 2.25. The first-order valence-corrected chi connectivity index (χ1v) is 8.48. The molecule has 1 fully saturated rings. The van der Waals surface area contributed by atoms with Crippen molar-refractivity contribution in [2.75, 3.05) is 25.4 Å². The molecule has 7 heteroatoms. The number of thiocarbonyl (C=S) groups is 1. The van der Waals surface area contributed by atoms with E-state index < -0.39 is 0 Å². The van der Waals surface area contributed by atoms with E-state index in [4.69, 9.17) is 17.0 Å². The van der Waals surface area contributed by atoms with Gasteiger partial charge >= 0.3 is 0 Å². The lowest BCUT2D eigenvalue weighted by atomic mass is 10.3. The third-order valence-corrected chi connectivity index (χ3v) is 4.49. The molecule has 1 aliphatic heterocycles. The Morgan fingerprint density at radius 1 is 1.36 bits per heavy atom. The standard InChI is InChI=1S/C15H18N2O3S2/c18-13(7-4-10-20-12-5-2-1-3-6-12)16-8-9-17-14(19)11-22-15(17)21/h1-3,5-6H,4,7-11H2,(H,16,18). The smallest absolute Gasteiger partial charge is 0.238 e. The molecule has 0 radical (unpaired) electrons. The molecule has 1 saturated heterocycles. The molecule has 0 atom stereocenters. The number of nitrogens with zero attached hydrogens (tertiary/aromatic N) is 1. The molecule has 118 valence electrons. The fourth-order valence-electron chi connectivity index (χ4n) is 1.93. The van der Waals surface area contributed by atoms with E-state index >= 15 is 0 Å². The summed E-state index contributed by atoms with van der Waals surface area (Å²) < 4.78 is 6.11. The van der Waals surface area contributed by atoms with Crippen molar-refractivity contribution in [1.29, 1.82) is 0 Å². The fourth-order valence-corrected chi connectivity index (χ4v) is 3.05. The van der Waals surface area contributed by atoms with Gasteiger partial charge in [0.15, 0.2) is 0 Å². The van der Waals surface area contributed by atoms with E-state index in [2.05, 4.69) is 5.32 Å². The summed E-state index contributed by atoms with van der Waals surface area (Å²) in [4.78, 5) is 24.7. The van der Waals surface area contributed by atoms with Gasteiger partial charge in [-0.15, -0.1) is 0 Å². The van der Waals surface area contributed by atoms with E-state index in [1.54, 1.807) is 4.90 Å². The van der Waals surface area contributed by atoms with Gasteiger partial charge in [-0.3, -0.25) is 14.5 Å². The molecular formula is C15H18N2O3S2. The van der Waals surface area contributed by atoms with E-state index in [1.807, 2.05) is 30.3 Å². The van der Waals surface area contributed by atoms with Crippen LogP contribution >= 0.6 is 24.0 Å². The number of amides is 2. The molecule has 22 heavy (non-hydrogen) atoms. The number of ether oxygens (including phenoxy) is 1. The van der Waals surface area contributed by atoms with Crippen LogP contribution in [-0.2, 0) is 9.59 Å². The van der Waals surface area contributed by atoms with Crippen LogP contribution in [0, 0.1) is 0 Å². The molecule has 0 bridgehead atoms. The molecule has 5 nitrogen and oxygen atoms in total. The Hall–Kier alpha value is -1.60. The van der Waals surface area contributed by atoms with Crippen molar-refractivity contribution in [2.24, 2.45) is 0 Å². The Morgan fingerprint density at radius 3 is 2.82 bits per heavy atom. The molecule has 1 aliphatic rings. The second-order valence-electron chi connectivity index (χ2n) is 4.71. The van der Waals surface area contributed by atoms with Crippen LogP contribution in [0.5, 0.6) is 5.75 Å². The van der Waals surface area contributed by atoms with Crippen LogP contribution in [-0.4, -0.2) is 46.5 Å². The van der Waals surface area contributed by atoms with Crippen LogP contribution in [0.15, 0.2) is 30.3 Å². The lowest BCUT2D eigenvalue weighted by molar-refractivity contribution is -0.125. The van der Waals surface area contributed by atoms with E-state index in [-0.39, 0.29) is 11.8 Å². The Balaban J connectivity index is 1.54. The van der Waals surface area contributed by atoms with Crippen molar-refractivity contribution >= 4 is 40.1 Å². The zero-order chi connectivity index (χ0) is 15.8. The first kappa shape index (κ1) is 16.8. The SMILES string of the molecule is O=C(CCCOc1ccccc1)NCCN1C(=O)CSC1=S. The molecule has 1 aromatic rings. The lowest BCUT2D eigenvalue weighted by Gasteiger charge is -2.15. The van der Waals surface area contributed by atoms with Crippen LogP contribution in [0.2, 0.25) is 0 Å². The third-order valence-electron chi connectivity index (χ3n) is 3.06. The summed E-state index contributed by atoms with van der Waals surface area (Å²) in [6, 6.07) is 9.51. The van der Waals surface area contributed by atoms with Gasteiger partial charge in [0.05, 0.1) is 12.4 Å². The fraction of sp³-hybridized carbons (Fsp3) is 0.400. The van der Waals surface area contributed by atoms with Gasteiger partial charge in [-0.05, 0) is 18.6 Å². The first-order chi connectivity index (χ1) is 10.7. The molecule has 0 spiro atoms. The number of hydrogen-bond donors (Lipinski definition) is 1. The minimum absolute atomic E-state index is 0.0144. The van der Waals surface area contributed by atoms with Gasteiger partial charge in [0.1, 0.15) is 10.1 Å². The van der Waals surface area contributed by atoms with Gasteiger partial charge in [-0.25, -0.2) is 0 Å². The van der Waals surface area contributed by atoms with Crippen LogP contribution in [0.1, 0.15) is 12.8 Å². The van der Waals surface area contributed by atoms with Crippen molar-refractivity contribution < 1.29 is 14.3 Å². The molecule has 1 heterocycles. The van der Waals surface area contributed by atoms with Crippen molar-refractivity contribution in [3.05, 3.63) is 30.3 Å². The van der Waals surface area contributed by atoms with Crippen LogP contribution < -0.4 is 10.1 Å². The number of carbonyl (C=O) groups is 2. The van der Waals surface area contributed by atoms with Gasteiger partial charge in [-0.1, -0.05) is 42.2 Å². The number of nitrogens with one attached hydrogen (secondary N) is 1. The maximum atomic E-state index is 11.7. The van der Waals surface area contributed by atoms with Gasteiger partial charge in [0.25, 0.3) is 0 Å². The van der Waals surface area contributed by atoms with E-state index in [0.717, 1.165) is 5.75 Å². The molecule has 0 aliphatic carbocycles. The highest BCUT2D eigenvalue weighted by Crippen LogP contribution is 2.18. The van der Waals surface area contributed by atoms with Crippen molar-refractivity contribution in [1.82, 2.24) is 10.2 Å². The molecule has 0 saturated carbocycles. The second-order valence-corrected chi connectivity index (χ2v) is 6.32. The molecule has 2 amide bonds. The summed E-state index contributed by atoms with van der Waals surface area (Å²) in [5, 5.41) is 2.79. The molecule has 1 N–H and O–H groups in total. The number of rotatable bonds is 8. The number of para-hydroxylation sites is 1. The van der Waals surface area contributed by atoms with Crippen molar-refractivity contribution in [2.45, 2.75) is 12.8 Å². The largest absolute Gasteiger partial charge is 0.494 e. The molecular weight excluding hydrogens is 320 g/mol. The third kappa shape index (κ3) is 5.31. The predicted molar refractivity (Wildman–Crippen MR) is 90.9 cm³/mol. The minimum atomic E-state index is -0.0399. The highest BCUT2D eigenvalue weighted by atomic mass is 32.2. The zero-order valence-corrected chi connectivity index (χ0v) is 13.8. The number of carbonyl (C=O) groups excluding carboxylic acids is 2. The van der Waals surface area contributed by atoms with Gasteiger partial charge in [0, 0.05) is 19.5 Å². The molecule has 1 aromatic carbocycles. The first-order valence-electron chi connectivity index (χ1n) is 7.08. The monoisotopic (exact) mass is 338 g/mol. The normalized spacial score (nSPS) is 14.3. The predicted octanol–water partition coefficient (Wildman–Crippen LogP) is 1.82. The van der Waals surface area contributed by atoms with Crippen LogP contribution in [0.3, 0.4) is 0 Å². The summed E-state index contributed by atoms with van der Waals surface area (Å²) in [5.74, 6) is 1.19. The average molecular weight is 338 g/mol. The second kappa shape index (κ2) is 8.75. The maximum absolute atomic E-state index is 11.7. The zero-order valence-electron chi connectivity index (χ0n) is 12.1. The van der Waals surface area contributed by atoms with Crippen LogP contribution in [0.25, 0.3) is 0 Å².